The van der Waals surface area contributed by atoms with Crippen molar-refractivity contribution >= 4 is 17.6 Å². The molecular weight excluding hydrogens is 589 g/mol. The Bertz CT molecular complexity index is 1730. The van der Waals surface area contributed by atoms with Crippen LogP contribution < -0.4 is 19.5 Å². The maximum atomic E-state index is 15.2. The minimum absolute atomic E-state index is 0.0328. The SMILES string of the molecule is COc1cccc(-c2cccc3c2CC[C@@H]3Oc2cc(OCc3cncc(C#N)c3)c(CN[C@H](CO)C(=O)O)cc2Cl)c1F. The van der Waals surface area contributed by atoms with Gasteiger partial charge < -0.3 is 24.4 Å². The lowest BCUT2D eigenvalue weighted by Crippen LogP contribution is -2.39. The van der Waals surface area contributed by atoms with E-state index in [1.165, 1.54) is 13.3 Å². The first-order valence-corrected chi connectivity index (χ1v) is 14.2. The van der Waals surface area contributed by atoms with Crippen LogP contribution >= 0.6 is 11.6 Å². The van der Waals surface area contributed by atoms with Crippen LogP contribution in [0.4, 0.5) is 4.39 Å². The number of ether oxygens (including phenoxy) is 3. The van der Waals surface area contributed by atoms with Crippen LogP contribution in [0.3, 0.4) is 0 Å². The predicted octanol–water partition coefficient (Wildman–Crippen LogP) is 5.60. The van der Waals surface area contributed by atoms with E-state index in [2.05, 4.69) is 10.3 Å². The van der Waals surface area contributed by atoms with Gasteiger partial charge >= 0.3 is 5.97 Å². The molecule has 0 saturated carbocycles. The number of aliphatic hydroxyl groups is 1. The van der Waals surface area contributed by atoms with E-state index in [0.717, 1.165) is 16.7 Å². The number of aromatic nitrogens is 1. The summed E-state index contributed by atoms with van der Waals surface area (Å²) in [4.78, 5) is 15.5. The van der Waals surface area contributed by atoms with Gasteiger partial charge in [-0.25, -0.2) is 4.39 Å². The van der Waals surface area contributed by atoms with Crippen molar-refractivity contribution < 1.29 is 33.6 Å². The number of pyridine rings is 1. The molecular formula is C33H29ClFN3O6. The number of methoxy groups -OCH3 is 1. The number of carboxylic acid groups (broad SMARTS) is 1. The van der Waals surface area contributed by atoms with Crippen molar-refractivity contribution in [3.05, 3.63) is 106 Å². The van der Waals surface area contributed by atoms with Gasteiger partial charge in [0.1, 0.15) is 36.3 Å². The van der Waals surface area contributed by atoms with Crippen LogP contribution in [0.2, 0.25) is 5.02 Å². The number of halogens is 2. The number of carbonyl (C=O) groups is 1. The number of nitrogens with one attached hydrogen (secondary N) is 1. The average molecular weight is 618 g/mol. The third kappa shape index (κ3) is 6.60. The van der Waals surface area contributed by atoms with Crippen molar-refractivity contribution in [3.63, 3.8) is 0 Å². The molecule has 9 nitrogen and oxygen atoms in total. The fourth-order valence-electron chi connectivity index (χ4n) is 5.21. The highest BCUT2D eigenvalue weighted by molar-refractivity contribution is 6.32. The summed E-state index contributed by atoms with van der Waals surface area (Å²) < 4.78 is 32.9. The summed E-state index contributed by atoms with van der Waals surface area (Å²) >= 11 is 6.67. The molecule has 2 atom stereocenters. The molecule has 0 bridgehead atoms. The third-order valence-electron chi connectivity index (χ3n) is 7.41. The summed E-state index contributed by atoms with van der Waals surface area (Å²) in [6.45, 7) is -0.498. The Morgan fingerprint density at radius 2 is 1.95 bits per heavy atom. The van der Waals surface area contributed by atoms with Gasteiger partial charge in [-0.15, -0.1) is 0 Å². The largest absolute Gasteiger partial charge is 0.494 e. The van der Waals surface area contributed by atoms with E-state index in [1.54, 1.807) is 42.6 Å². The molecule has 5 rings (SSSR count). The number of hydrogen-bond donors (Lipinski definition) is 3. The second-order valence-corrected chi connectivity index (χ2v) is 10.6. The first-order chi connectivity index (χ1) is 21.3. The quantitative estimate of drug-likeness (QED) is 0.186. The standard InChI is InChI=1S/C33H29ClFN3O6/c1-42-29-7-3-6-25(32(29)35)22-4-2-5-24-23(22)8-9-28(24)44-31-12-30(43-18-20-10-19(13-36)14-37-15-20)21(11-26(31)34)16-38-27(17-39)33(40)41/h2-7,10-12,14-15,27-28,38-39H,8-9,16-18H2,1H3,(H,40,41)/t27-,28+/m1/s1. The number of fused-ring (bicyclic) bond motifs is 1. The fraction of sp³-hybridized carbons (Fsp3) is 0.242. The molecule has 0 radical (unpaired) electrons. The van der Waals surface area contributed by atoms with E-state index >= 15 is 4.39 Å². The zero-order valence-electron chi connectivity index (χ0n) is 23.7. The number of rotatable bonds is 12. The molecule has 0 fully saturated rings. The van der Waals surface area contributed by atoms with Crippen molar-refractivity contribution in [2.24, 2.45) is 0 Å². The topological polar surface area (TPSA) is 134 Å². The predicted molar refractivity (Wildman–Crippen MR) is 160 cm³/mol. The Hall–Kier alpha value is -4.69. The molecule has 44 heavy (non-hydrogen) atoms. The third-order valence-corrected chi connectivity index (χ3v) is 7.71. The highest BCUT2D eigenvalue weighted by Crippen LogP contribution is 2.43. The zero-order valence-corrected chi connectivity index (χ0v) is 24.5. The van der Waals surface area contributed by atoms with Gasteiger partial charge in [-0.2, -0.15) is 5.26 Å². The van der Waals surface area contributed by atoms with Crippen LogP contribution in [-0.2, 0) is 24.4 Å². The van der Waals surface area contributed by atoms with Gasteiger partial charge in [0.15, 0.2) is 11.6 Å². The van der Waals surface area contributed by atoms with E-state index in [4.69, 9.17) is 25.8 Å². The molecule has 1 aliphatic carbocycles. The summed E-state index contributed by atoms with van der Waals surface area (Å²) in [5.74, 6) is -0.741. The number of nitrogens with zero attached hydrogens (tertiary/aromatic N) is 2. The van der Waals surface area contributed by atoms with Gasteiger partial charge in [0.05, 0.1) is 24.3 Å². The van der Waals surface area contributed by atoms with Gasteiger partial charge in [0.2, 0.25) is 0 Å². The lowest BCUT2D eigenvalue weighted by molar-refractivity contribution is -0.140. The lowest BCUT2D eigenvalue weighted by atomic mass is 9.96. The second-order valence-electron chi connectivity index (χ2n) is 10.2. The maximum absolute atomic E-state index is 15.2. The lowest BCUT2D eigenvalue weighted by Gasteiger charge is -2.20. The normalized spacial score (nSPS) is 14.4. The second kappa shape index (κ2) is 13.7. The van der Waals surface area contributed by atoms with Gasteiger partial charge in [0.25, 0.3) is 0 Å². The highest BCUT2D eigenvalue weighted by atomic mass is 35.5. The van der Waals surface area contributed by atoms with Crippen molar-refractivity contribution in [2.45, 2.75) is 38.1 Å². The molecule has 0 aliphatic heterocycles. The van der Waals surface area contributed by atoms with Crippen LogP contribution in [0, 0.1) is 17.1 Å². The molecule has 4 aromatic rings. The molecule has 226 valence electrons. The Balaban J connectivity index is 1.44. The molecule has 0 amide bonds. The van der Waals surface area contributed by atoms with Crippen molar-refractivity contribution in [1.29, 1.82) is 5.26 Å². The van der Waals surface area contributed by atoms with Gasteiger partial charge in [0, 0.05) is 41.7 Å². The van der Waals surface area contributed by atoms with Gasteiger partial charge in [-0.05, 0) is 47.7 Å². The van der Waals surface area contributed by atoms with E-state index in [9.17, 15) is 20.3 Å². The number of carboxylic acids is 1. The number of hydrogen-bond acceptors (Lipinski definition) is 8. The molecule has 11 heteroatoms. The molecule has 0 spiro atoms. The summed E-state index contributed by atoms with van der Waals surface area (Å²) in [5.41, 5.74) is 4.69. The van der Waals surface area contributed by atoms with Gasteiger partial charge in [-0.1, -0.05) is 41.9 Å². The van der Waals surface area contributed by atoms with Crippen molar-refractivity contribution in [3.8, 4) is 34.4 Å². The Kier molecular flexibility index (Phi) is 9.60. The smallest absolute Gasteiger partial charge is 0.323 e. The number of aliphatic hydroxyl groups excluding tert-OH is 1. The summed E-state index contributed by atoms with van der Waals surface area (Å²) in [5, 5.41) is 31.0. The Morgan fingerprint density at radius 1 is 1.16 bits per heavy atom. The minimum Gasteiger partial charge on any atom is -0.494 e. The number of nitriles is 1. The van der Waals surface area contributed by atoms with E-state index < -0.39 is 24.4 Å². The van der Waals surface area contributed by atoms with E-state index in [-0.39, 0.29) is 30.0 Å². The van der Waals surface area contributed by atoms with Crippen LogP contribution in [0.25, 0.3) is 11.1 Å². The molecule has 1 aromatic heterocycles. The molecule has 3 aromatic carbocycles. The van der Waals surface area contributed by atoms with Crippen molar-refractivity contribution in [1.82, 2.24) is 10.3 Å². The van der Waals surface area contributed by atoms with E-state index in [1.807, 2.05) is 24.3 Å². The number of aliphatic carboxylic acids is 1. The first kappa shape index (κ1) is 30.8. The van der Waals surface area contributed by atoms with E-state index in [0.29, 0.717) is 46.6 Å². The maximum Gasteiger partial charge on any atom is 0.323 e. The zero-order chi connectivity index (χ0) is 31.2. The Morgan fingerprint density at radius 3 is 2.70 bits per heavy atom. The van der Waals surface area contributed by atoms with Gasteiger partial charge in [-0.3, -0.25) is 15.1 Å². The molecule has 1 heterocycles. The van der Waals surface area contributed by atoms with Crippen molar-refractivity contribution in [2.75, 3.05) is 13.7 Å². The van der Waals surface area contributed by atoms with Crippen LogP contribution in [-0.4, -0.2) is 40.9 Å². The van der Waals surface area contributed by atoms with Crippen LogP contribution in [0.15, 0.2) is 67.0 Å². The minimum atomic E-state index is -1.20. The monoisotopic (exact) mass is 617 g/mol. The fourth-order valence-corrected chi connectivity index (χ4v) is 5.44. The molecule has 0 unspecified atom stereocenters. The highest BCUT2D eigenvalue weighted by Gasteiger charge is 2.29. The molecule has 3 N–H and O–H groups in total. The van der Waals surface area contributed by atoms with Crippen LogP contribution in [0.5, 0.6) is 17.2 Å². The molecule has 1 aliphatic rings. The average Bonchev–Trinajstić information content (AvgIpc) is 3.44. The summed E-state index contributed by atoms with van der Waals surface area (Å²) in [6, 6.07) is 16.5. The summed E-state index contributed by atoms with van der Waals surface area (Å²) in [7, 11) is 1.43. The Labute approximate surface area is 258 Å². The van der Waals surface area contributed by atoms with Crippen LogP contribution in [0.1, 0.15) is 40.3 Å². The summed E-state index contributed by atoms with van der Waals surface area (Å²) in [6.07, 6.45) is 3.96. The number of benzene rings is 3. The molecule has 0 saturated heterocycles. The first-order valence-electron chi connectivity index (χ1n) is 13.8.